The van der Waals surface area contributed by atoms with Gasteiger partial charge in [0.1, 0.15) is 10.3 Å². The van der Waals surface area contributed by atoms with Crippen molar-refractivity contribution in [2.24, 2.45) is 0 Å². The third-order valence-electron chi connectivity index (χ3n) is 2.30. The molecule has 0 aliphatic carbocycles. The summed E-state index contributed by atoms with van der Waals surface area (Å²) in [6.45, 7) is 0.138. The molecular formula is C11H6BrFN4O2. The fourth-order valence-corrected chi connectivity index (χ4v) is 2.05. The SMILES string of the molecule is N#Cc1cc(F)cc(Cn2cc(Br)c([N+](=O)[O-])n2)c1. The van der Waals surface area contributed by atoms with Gasteiger partial charge in [-0.2, -0.15) is 9.94 Å². The third kappa shape index (κ3) is 2.95. The first-order valence-electron chi connectivity index (χ1n) is 5.06. The van der Waals surface area contributed by atoms with Gasteiger partial charge in [0.25, 0.3) is 0 Å². The molecule has 2 rings (SSSR count). The molecule has 8 heteroatoms. The van der Waals surface area contributed by atoms with Crippen molar-refractivity contribution in [1.29, 1.82) is 5.26 Å². The molecule has 1 aromatic carbocycles. The van der Waals surface area contributed by atoms with E-state index in [1.165, 1.54) is 23.0 Å². The van der Waals surface area contributed by atoms with Gasteiger partial charge in [-0.15, -0.1) is 0 Å². The van der Waals surface area contributed by atoms with E-state index in [-0.39, 0.29) is 22.4 Å². The molecule has 2 aromatic rings. The van der Waals surface area contributed by atoms with Gasteiger partial charge in [0, 0.05) is 0 Å². The molecule has 0 spiro atoms. The van der Waals surface area contributed by atoms with E-state index in [1.807, 2.05) is 6.07 Å². The Kier molecular flexibility index (Phi) is 3.57. The van der Waals surface area contributed by atoms with E-state index in [0.717, 1.165) is 6.07 Å². The summed E-state index contributed by atoms with van der Waals surface area (Å²) in [5.41, 5.74) is 0.692. The maximum Gasteiger partial charge on any atom is 0.404 e. The molecule has 1 aromatic heterocycles. The van der Waals surface area contributed by atoms with Gasteiger partial charge in [-0.05, 0) is 44.6 Å². The number of hydrogen-bond acceptors (Lipinski definition) is 4. The van der Waals surface area contributed by atoms with E-state index in [9.17, 15) is 14.5 Å². The maximum atomic E-state index is 13.2. The van der Waals surface area contributed by atoms with Crippen molar-refractivity contribution in [2.75, 3.05) is 0 Å². The molecule has 0 unspecified atom stereocenters. The molecule has 0 N–H and O–H groups in total. The average molecular weight is 325 g/mol. The minimum atomic E-state index is -0.618. The van der Waals surface area contributed by atoms with E-state index >= 15 is 0 Å². The van der Waals surface area contributed by atoms with Gasteiger partial charge in [0.2, 0.25) is 0 Å². The Morgan fingerprint density at radius 2 is 2.26 bits per heavy atom. The predicted molar refractivity (Wildman–Crippen MR) is 66.8 cm³/mol. The van der Waals surface area contributed by atoms with Crippen LogP contribution in [0.15, 0.2) is 28.9 Å². The van der Waals surface area contributed by atoms with E-state index < -0.39 is 10.7 Å². The van der Waals surface area contributed by atoms with Crippen molar-refractivity contribution < 1.29 is 9.31 Å². The van der Waals surface area contributed by atoms with Crippen LogP contribution in [0.2, 0.25) is 0 Å². The Morgan fingerprint density at radius 1 is 1.53 bits per heavy atom. The second kappa shape index (κ2) is 5.16. The van der Waals surface area contributed by atoms with Crippen LogP contribution in [0.25, 0.3) is 0 Å². The lowest BCUT2D eigenvalue weighted by molar-refractivity contribution is -0.390. The van der Waals surface area contributed by atoms with Crippen LogP contribution in [0.4, 0.5) is 10.2 Å². The number of rotatable bonds is 3. The van der Waals surface area contributed by atoms with E-state index in [4.69, 9.17) is 5.26 Å². The fraction of sp³-hybridized carbons (Fsp3) is 0.0909. The van der Waals surface area contributed by atoms with Crippen LogP contribution in [0.3, 0.4) is 0 Å². The van der Waals surface area contributed by atoms with Crippen LogP contribution in [0.1, 0.15) is 11.1 Å². The Balaban J connectivity index is 2.31. The molecule has 0 aliphatic rings. The second-order valence-corrected chi connectivity index (χ2v) is 4.57. The molecule has 96 valence electrons. The molecular weight excluding hydrogens is 319 g/mol. The molecule has 0 aliphatic heterocycles. The summed E-state index contributed by atoms with van der Waals surface area (Å²) in [7, 11) is 0. The lowest BCUT2D eigenvalue weighted by atomic mass is 10.1. The molecule has 19 heavy (non-hydrogen) atoms. The first-order chi connectivity index (χ1) is 8.99. The van der Waals surface area contributed by atoms with Crippen LogP contribution < -0.4 is 0 Å². The number of nitro groups is 1. The topological polar surface area (TPSA) is 84.8 Å². The van der Waals surface area contributed by atoms with Gasteiger partial charge in [-0.1, -0.05) is 0 Å². The maximum absolute atomic E-state index is 13.2. The number of nitrogens with zero attached hydrogens (tertiary/aromatic N) is 4. The van der Waals surface area contributed by atoms with Crippen molar-refractivity contribution in [3.8, 4) is 6.07 Å². The predicted octanol–water partition coefficient (Wildman–Crippen LogP) is 2.61. The number of hydrogen-bond donors (Lipinski definition) is 0. The van der Waals surface area contributed by atoms with Crippen molar-refractivity contribution in [3.63, 3.8) is 0 Å². The molecule has 0 saturated carbocycles. The first kappa shape index (κ1) is 13.2. The van der Waals surface area contributed by atoms with Gasteiger partial charge in [-0.3, -0.25) is 0 Å². The molecule has 1 heterocycles. The summed E-state index contributed by atoms with van der Waals surface area (Å²) in [5, 5.41) is 23.1. The number of nitriles is 1. The summed E-state index contributed by atoms with van der Waals surface area (Å²) in [5.74, 6) is -0.841. The zero-order valence-corrected chi connectivity index (χ0v) is 11.0. The lowest BCUT2D eigenvalue weighted by Crippen LogP contribution is -2.02. The summed E-state index contributed by atoms with van der Waals surface area (Å²) in [4.78, 5) is 10.0. The van der Waals surface area contributed by atoms with E-state index in [0.29, 0.717) is 5.56 Å². The number of halogens is 2. The fourth-order valence-electron chi connectivity index (χ4n) is 1.58. The Hall–Kier alpha value is -2.27. The van der Waals surface area contributed by atoms with Crippen molar-refractivity contribution in [3.05, 3.63) is 55.9 Å². The van der Waals surface area contributed by atoms with Crippen molar-refractivity contribution in [1.82, 2.24) is 9.78 Å². The minimum Gasteiger partial charge on any atom is -0.358 e. The number of aromatic nitrogens is 2. The van der Waals surface area contributed by atoms with Crippen molar-refractivity contribution >= 4 is 21.7 Å². The van der Waals surface area contributed by atoms with Crippen LogP contribution in [-0.4, -0.2) is 14.7 Å². The zero-order valence-electron chi connectivity index (χ0n) is 9.38. The highest BCUT2D eigenvalue weighted by atomic mass is 79.9. The van der Waals surface area contributed by atoms with E-state index in [2.05, 4.69) is 21.0 Å². The summed E-state index contributed by atoms with van der Waals surface area (Å²) < 4.78 is 14.8. The Morgan fingerprint density at radius 3 is 2.84 bits per heavy atom. The van der Waals surface area contributed by atoms with E-state index in [1.54, 1.807) is 0 Å². The highest BCUT2D eigenvalue weighted by molar-refractivity contribution is 9.10. The Bertz CT molecular complexity index is 692. The summed E-state index contributed by atoms with van der Waals surface area (Å²) in [6.07, 6.45) is 1.43. The van der Waals surface area contributed by atoms with Gasteiger partial charge in [0.05, 0.1) is 29.5 Å². The van der Waals surface area contributed by atoms with Crippen LogP contribution >= 0.6 is 15.9 Å². The minimum absolute atomic E-state index is 0.138. The second-order valence-electron chi connectivity index (χ2n) is 3.72. The van der Waals surface area contributed by atoms with Crippen LogP contribution in [0.5, 0.6) is 0 Å². The lowest BCUT2D eigenvalue weighted by Gasteiger charge is -2.00. The average Bonchev–Trinajstić information content (AvgIpc) is 2.69. The zero-order chi connectivity index (χ0) is 14.0. The van der Waals surface area contributed by atoms with Gasteiger partial charge in [0.15, 0.2) is 0 Å². The third-order valence-corrected chi connectivity index (χ3v) is 2.86. The first-order valence-corrected chi connectivity index (χ1v) is 5.86. The van der Waals surface area contributed by atoms with Crippen LogP contribution in [-0.2, 0) is 6.54 Å². The molecule has 0 saturated heterocycles. The molecule has 0 fully saturated rings. The molecule has 0 atom stereocenters. The monoisotopic (exact) mass is 324 g/mol. The Labute approximate surface area is 115 Å². The molecule has 0 radical (unpaired) electrons. The largest absolute Gasteiger partial charge is 0.404 e. The van der Waals surface area contributed by atoms with Crippen molar-refractivity contribution in [2.45, 2.75) is 6.54 Å². The normalized spacial score (nSPS) is 10.2. The van der Waals surface area contributed by atoms with Gasteiger partial charge >= 0.3 is 5.82 Å². The quantitative estimate of drug-likeness (QED) is 0.641. The smallest absolute Gasteiger partial charge is 0.358 e. The van der Waals surface area contributed by atoms with Crippen LogP contribution in [0, 0.1) is 27.3 Å². The number of benzene rings is 1. The summed E-state index contributed by atoms with van der Waals surface area (Å²) >= 11 is 3.02. The van der Waals surface area contributed by atoms with Gasteiger partial charge in [-0.25, -0.2) is 4.39 Å². The highest BCUT2D eigenvalue weighted by Gasteiger charge is 2.18. The molecule has 0 bridgehead atoms. The molecule has 6 nitrogen and oxygen atoms in total. The molecule has 0 amide bonds. The standard InChI is InChI=1S/C11H6BrFN4O2/c12-10-6-16(15-11(10)17(18)19)5-8-1-7(4-14)2-9(13)3-8/h1-3,6H,5H2. The highest BCUT2D eigenvalue weighted by Crippen LogP contribution is 2.22. The summed E-state index contributed by atoms with van der Waals surface area (Å²) in [6, 6.07) is 5.71. The van der Waals surface area contributed by atoms with Gasteiger partial charge < -0.3 is 10.1 Å².